The van der Waals surface area contributed by atoms with Crippen LogP contribution in [0.3, 0.4) is 0 Å². The van der Waals surface area contributed by atoms with Crippen molar-refractivity contribution >= 4 is 18.0 Å². The number of nitrogens with zero attached hydrogens (tertiary/aromatic N) is 3. The molecule has 1 aliphatic carbocycles. The van der Waals surface area contributed by atoms with Gasteiger partial charge in [-0.25, -0.2) is 20.0 Å². The van der Waals surface area contributed by atoms with Crippen molar-refractivity contribution in [2.75, 3.05) is 14.2 Å². The Bertz CT molecular complexity index is 1580. The number of aromatic nitrogens is 2. The smallest absolute Gasteiger partial charge is 0.337 e. The Kier molecular flexibility index (Phi) is 9.77. The molecule has 0 saturated heterocycles. The number of hydrazine groups is 1. The second kappa shape index (κ2) is 13.6. The van der Waals surface area contributed by atoms with Crippen LogP contribution in [0.5, 0.6) is 5.75 Å². The fourth-order valence-electron chi connectivity index (χ4n) is 4.54. The molecule has 0 radical (unpaired) electrons. The number of fused-ring (bicyclic) bond motifs is 1. The van der Waals surface area contributed by atoms with E-state index in [0.29, 0.717) is 40.9 Å². The van der Waals surface area contributed by atoms with Gasteiger partial charge in [0.05, 0.1) is 32.0 Å². The first-order chi connectivity index (χ1) is 20.2. The van der Waals surface area contributed by atoms with Gasteiger partial charge in [-0.05, 0) is 66.6 Å². The number of benzene rings is 2. The van der Waals surface area contributed by atoms with E-state index in [4.69, 9.17) is 16.3 Å². The van der Waals surface area contributed by atoms with Crippen LogP contribution < -0.4 is 21.6 Å². The van der Waals surface area contributed by atoms with E-state index >= 15 is 0 Å². The van der Waals surface area contributed by atoms with E-state index in [1.165, 1.54) is 38.7 Å². The number of amides is 1. The normalized spacial score (nSPS) is 12.7. The second-order valence-electron chi connectivity index (χ2n) is 9.96. The zero-order chi connectivity index (χ0) is 30.2. The van der Waals surface area contributed by atoms with Crippen molar-refractivity contribution in [2.45, 2.75) is 38.8 Å². The first-order valence-electron chi connectivity index (χ1n) is 13.4. The predicted molar refractivity (Wildman–Crippen MR) is 157 cm³/mol. The van der Waals surface area contributed by atoms with Gasteiger partial charge in [-0.15, -0.1) is 0 Å². The molecule has 4 aromatic rings. The summed E-state index contributed by atoms with van der Waals surface area (Å²) >= 11 is 0. The fraction of sp³-hybridized carbons (Fsp3) is 0.258. The van der Waals surface area contributed by atoms with E-state index in [1.54, 1.807) is 41.5 Å². The van der Waals surface area contributed by atoms with Crippen LogP contribution >= 0.6 is 0 Å². The number of pyridine rings is 1. The lowest BCUT2D eigenvalue weighted by atomic mass is 9.97. The van der Waals surface area contributed by atoms with Crippen molar-refractivity contribution in [2.24, 2.45) is 11.6 Å². The van der Waals surface area contributed by atoms with E-state index in [1.807, 2.05) is 13.1 Å². The van der Waals surface area contributed by atoms with Gasteiger partial charge in [-0.2, -0.15) is 0 Å². The monoisotopic (exact) mass is 574 g/mol. The third-order valence-electron chi connectivity index (χ3n) is 6.69. The van der Waals surface area contributed by atoms with Crippen molar-refractivity contribution < 1.29 is 23.5 Å². The number of ether oxygens (including phenoxy) is 2. The Labute approximate surface area is 243 Å². The van der Waals surface area contributed by atoms with Crippen LogP contribution in [0, 0.1) is 5.82 Å². The van der Waals surface area contributed by atoms with Crippen molar-refractivity contribution in [1.82, 2.24) is 19.7 Å². The van der Waals surface area contributed by atoms with E-state index in [9.17, 15) is 14.0 Å². The standard InChI is InChI=1S/C17H16FNO4.C14H19N5/c1-22-15-8-7-13(14(16(15)18)9-19-10-20)11-3-5-12(6-4-11)17(21)23-2;1-10(15)6-19(16)9-13-8-18-7-12(11-2-3-11)4-5-14(18)17-13/h3-8,10H,9H2,1-2H3,(H,19,20);4-8,11H,2-3,9,15-16H2,1H3/b;10-6-. The number of methoxy groups -OCH3 is 2. The summed E-state index contributed by atoms with van der Waals surface area (Å²) in [5.41, 5.74) is 11.6. The van der Waals surface area contributed by atoms with E-state index in [-0.39, 0.29) is 12.3 Å². The van der Waals surface area contributed by atoms with Gasteiger partial charge in [0.1, 0.15) is 5.65 Å². The van der Waals surface area contributed by atoms with Gasteiger partial charge >= 0.3 is 5.97 Å². The van der Waals surface area contributed by atoms with Gasteiger partial charge in [-0.1, -0.05) is 24.3 Å². The molecule has 2 aromatic heterocycles. The molecule has 0 bridgehead atoms. The maximum Gasteiger partial charge on any atom is 0.337 e. The molecule has 0 unspecified atom stereocenters. The van der Waals surface area contributed by atoms with Crippen LogP contribution in [-0.2, 0) is 22.6 Å². The third-order valence-corrected chi connectivity index (χ3v) is 6.69. The molecular formula is C31H35FN6O4. The van der Waals surface area contributed by atoms with Gasteiger partial charge in [0, 0.05) is 36.4 Å². The largest absolute Gasteiger partial charge is 0.494 e. The van der Waals surface area contributed by atoms with E-state index < -0.39 is 11.8 Å². The predicted octanol–water partition coefficient (Wildman–Crippen LogP) is 4.24. The number of nitrogens with one attached hydrogen (secondary N) is 1. The lowest BCUT2D eigenvalue weighted by Crippen LogP contribution is -2.25. The van der Waals surface area contributed by atoms with Crippen LogP contribution in [0.1, 0.15) is 52.9 Å². The summed E-state index contributed by atoms with van der Waals surface area (Å²) in [5, 5.41) is 4.01. The Morgan fingerprint density at radius 1 is 1.14 bits per heavy atom. The Hall–Kier alpha value is -4.90. The second-order valence-corrected chi connectivity index (χ2v) is 9.96. The molecule has 0 atom stereocenters. The zero-order valence-corrected chi connectivity index (χ0v) is 23.8. The molecule has 0 spiro atoms. The van der Waals surface area contributed by atoms with Crippen LogP contribution in [0.15, 0.2) is 72.8 Å². The first-order valence-corrected chi connectivity index (χ1v) is 13.4. The molecule has 2 heterocycles. The van der Waals surface area contributed by atoms with Crippen molar-refractivity contribution in [3.8, 4) is 16.9 Å². The highest BCUT2D eigenvalue weighted by atomic mass is 19.1. The molecule has 5 rings (SSSR count). The number of hydrogen-bond acceptors (Lipinski definition) is 8. The average Bonchev–Trinajstić information content (AvgIpc) is 3.75. The quantitative estimate of drug-likeness (QED) is 0.111. The number of nitrogens with two attached hydrogens (primary N) is 2. The number of allylic oxidation sites excluding steroid dienone is 1. The molecule has 11 heteroatoms. The fourth-order valence-corrected chi connectivity index (χ4v) is 4.54. The van der Waals surface area contributed by atoms with Gasteiger partial charge in [0.2, 0.25) is 6.41 Å². The summed E-state index contributed by atoms with van der Waals surface area (Å²) in [6.45, 7) is 2.39. The number of esters is 1. The zero-order valence-electron chi connectivity index (χ0n) is 23.8. The number of carbonyl (C=O) groups is 2. The van der Waals surface area contributed by atoms with Crippen LogP contribution in [0.25, 0.3) is 16.8 Å². The number of imidazole rings is 1. The first kappa shape index (κ1) is 30.1. The molecule has 10 nitrogen and oxygen atoms in total. The molecule has 220 valence electrons. The third kappa shape index (κ3) is 7.43. The van der Waals surface area contributed by atoms with Crippen molar-refractivity contribution in [3.63, 3.8) is 0 Å². The van der Waals surface area contributed by atoms with Gasteiger partial charge in [0.15, 0.2) is 11.6 Å². The van der Waals surface area contributed by atoms with Crippen LogP contribution in [0.2, 0.25) is 0 Å². The van der Waals surface area contributed by atoms with E-state index in [0.717, 1.165) is 17.3 Å². The lowest BCUT2D eigenvalue weighted by molar-refractivity contribution is -0.109. The maximum atomic E-state index is 14.4. The summed E-state index contributed by atoms with van der Waals surface area (Å²) in [6, 6.07) is 14.0. The molecule has 0 aliphatic heterocycles. The number of carbonyl (C=O) groups excluding carboxylic acids is 2. The summed E-state index contributed by atoms with van der Waals surface area (Å²) in [6.07, 6.45) is 9.03. The van der Waals surface area contributed by atoms with Crippen LogP contribution in [0.4, 0.5) is 4.39 Å². The number of rotatable bonds is 10. The summed E-state index contributed by atoms with van der Waals surface area (Å²) < 4.78 is 26.1. The topological polar surface area (TPSA) is 137 Å². The Morgan fingerprint density at radius 3 is 2.50 bits per heavy atom. The molecule has 2 aromatic carbocycles. The summed E-state index contributed by atoms with van der Waals surface area (Å²) in [7, 11) is 2.68. The maximum absolute atomic E-state index is 14.4. The Balaban J connectivity index is 0.000000196. The van der Waals surface area contributed by atoms with Crippen molar-refractivity contribution in [3.05, 3.63) is 101 Å². The number of hydrogen-bond donors (Lipinski definition) is 3. The van der Waals surface area contributed by atoms with E-state index in [2.05, 4.69) is 37.8 Å². The lowest BCUT2D eigenvalue weighted by Gasteiger charge is -2.13. The number of halogens is 1. The van der Waals surface area contributed by atoms with Crippen molar-refractivity contribution in [1.29, 1.82) is 0 Å². The highest BCUT2D eigenvalue weighted by molar-refractivity contribution is 5.90. The minimum Gasteiger partial charge on any atom is -0.494 e. The molecule has 1 amide bonds. The highest BCUT2D eigenvalue weighted by Gasteiger charge is 2.23. The molecule has 1 saturated carbocycles. The summed E-state index contributed by atoms with van der Waals surface area (Å²) in [4.78, 5) is 26.5. The minimum absolute atomic E-state index is 0.0284. The van der Waals surface area contributed by atoms with Gasteiger partial charge in [-0.3, -0.25) is 4.79 Å². The van der Waals surface area contributed by atoms with Crippen LogP contribution in [-0.4, -0.2) is 41.0 Å². The molecule has 1 aliphatic rings. The van der Waals surface area contributed by atoms with Gasteiger partial charge in [0.25, 0.3) is 0 Å². The minimum atomic E-state index is -0.531. The molecule has 5 N–H and O–H groups in total. The van der Waals surface area contributed by atoms with Gasteiger partial charge < -0.3 is 29.9 Å². The average molecular weight is 575 g/mol. The summed E-state index contributed by atoms with van der Waals surface area (Å²) in [5.74, 6) is 5.72. The SMILES string of the molecule is C/C(N)=C/N(N)Cc1cn2cc(C3CC3)ccc2n1.COC(=O)c1ccc(-c2ccc(OC)c(F)c2CNC=O)cc1. The Morgan fingerprint density at radius 2 is 1.88 bits per heavy atom. The molecular weight excluding hydrogens is 539 g/mol. The highest BCUT2D eigenvalue weighted by Crippen LogP contribution is 2.40. The molecule has 42 heavy (non-hydrogen) atoms. The molecule has 1 fully saturated rings.